The number of para-hydroxylation sites is 1. The molecule has 2 aromatic rings. The van der Waals surface area contributed by atoms with Gasteiger partial charge in [-0.1, -0.05) is 41.4 Å². The Bertz CT molecular complexity index is 628. The van der Waals surface area contributed by atoms with E-state index in [1.54, 1.807) is 12.1 Å². The summed E-state index contributed by atoms with van der Waals surface area (Å²) in [6.07, 6.45) is 0. The molecule has 0 aromatic heterocycles. The molecule has 0 saturated heterocycles. The van der Waals surface area contributed by atoms with Crippen LogP contribution in [0.2, 0.25) is 5.02 Å². The number of carbonyl (C=O) groups is 1. The first-order chi connectivity index (χ1) is 9.56. The van der Waals surface area contributed by atoms with Gasteiger partial charge in [-0.2, -0.15) is 0 Å². The van der Waals surface area contributed by atoms with Crippen LogP contribution in [0.4, 0.5) is 5.69 Å². The monoisotopic (exact) mass is 305 g/mol. The fraction of sp³-hybridized carbons (Fsp3) is 0.188. The summed E-state index contributed by atoms with van der Waals surface area (Å²) in [6, 6.07) is 13.5. The van der Waals surface area contributed by atoms with Crippen LogP contribution in [0.5, 0.6) is 0 Å². The quantitative estimate of drug-likeness (QED) is 0.830. The van der Waals surface area contributed by atoms with Gasteiger partial charge in [0, 0.05) is 4.90 Å². The Morgan fingerprint density at radius 1 is 1.20 bits per heavy atom. The van der Waals surface area contributed by atoms with E-state index < -0.39 is 0 Å². The van der Waals surface area contributed by atoms with E-state index in [2.05, 4.69) is 37.4 Å². The molecule has 2 nitrogen and oxygen atoms in total. The molecule has 0 aliphatic carbocycles. The number of benzene rings is 2. The van der Waals surface area contributed by atoms with Crippen molar-refractivity contribution in [3.63, 3.8) is 0 Å². The second-order valence-corrected chi connectivity index (χ2v) is 6.01. The van der Waals surface area contributed by atoms with Crippen LogP contribution in [-0.4, -0.2) is 11.7 Å². The fourth-order valence-corrected chi connectivity index (χ4v) is 2.85. The molecule has 0 bridgehead atoms. The smallest absolute Gasteiger partial charge is 0.234 e. The molecule has 4 heteroatoms. The highest BCUT2D eigenvalue weighted by Crippen LogP contribution is 2.24. The second-order valence-electron chi connectivity index (χ2n) is 4.59. The number of thioether (sulfide) groups is 1. The summed E-state index contributed by atoms with van der Waals surface area (Å²) in [5.41, 5.74) is 3.08. The summed E-state index contributed by atoms with van der Waals surface area (Å²) in [5.74, 6) is 0.317. The van der Waals surface area contributed by atoms with Crippen LogP contribution >= 0.6 is 23.4 Å². The Kier molecular flexibility index (Phi) is 5.10. The molecule has 104 valence electrons. The molecule has 0 fully saturated rings. The van der Waals surface area contributed by atoms with Gasteiger partial charge >= 0.3 is 0 Å². The largest absolute Gasteiger partial charge is 0.324 e. The molecule has 0 aliphatic rings. The molecular weight excluding hydrogens is 290 g/mol. The molecule has 1 N–H and O–H groups in total. The zero-order valence-corrected chi connectivity index (χ0v) is 13.0. The number of rotatable bonds is 4. The van der Waals surface area contributed by atoms with Crippen LogP contribution < -0.4 is 5.32 Å². The fourth-order valence-electron chi connectivity index (χ4n) is 1.85. The van der Waals surface area contributed by atoms with Gasteiger partial charge in [0.25, 0.3) is 0 Å². The lowest BCUT2D eigenvalue weighted by molar-refractivity contribution is -0.113. The number of hydrogen-bond acceptors (Lipinski definition) is 2. The predicted octanol–water partition coefficient (Wildman–Crippen LogP) is 4.69. The number of carbonyl (C=O) groups excluding carboxylic acids is 1. The van der Waals surface area contributed by atoms with E-state index in [1.165, 1.54) is 22.9 Å². The van der Waals surface area contributed by atoms with E-state index in [1.807, 2.05) is 12.1 Å². The zero-order chi connectivity index (χ0) is 14.5. The van der Waals surface area contributed by atoms with Crippen molar-refractivity contribution in [1.82, 2.24) is 0 Å². The van der Waals surface area contributed by atoms with Crippen LogP contribution in [0.25, 0.3) is 0 Å². The SMILES string of the molecule is Cc1ccc(SCC(=O)Nc2ccccc2Cl)c(C)c1. The summed E-state index contributed by atoms with van der Waals surface area (Å²) >= 11 is 7.54. The van der Waals surface area contributed by atoms with Gasteiger partial charge in [0.05, 0.1) is 16.5 Å². The minimum atomic E-state index is -0.0527. The minimum Gasteiger partial charge on any atom is -0.324 e. The van der Waals surface area contributed by atoms with Crippen LogP contribution in [0.3, 0.4) is 0 Å². The van der Waals surface area contributed by atoms with Crippen molar-refractivity contribution in [2.45, 2.75) is 18.7 Å². The van der Waals surface area contributed by atoms with E-state index in [0.29, 0.717) is 16.5 Å². The third-order valence-corrected chi connectivity index (χ3v) is 4.34. The van der Waals surface area contributed by atoms with E-state index >= 15 is 0 Å². The average molecular weight is 306 g/mol. The molecule has 20 heavy (non-hydrogen) atoms. The maximum absolute atomic E-state index is 11.9. The molecule has 0 spiro atoms. The van der Waals surface area contributed by atoms with Gasteiger partial charge in [-0.05, 0) is 37.6 Å². The topological polar surface area (TPSA) is 29.1 Å². The first-order valence-corrected chi connectivity index (χ1v) is 7.67. The second kappa shape index (κ2) is 6.82. The molecule has 0 unspecified atom stereocenters. The summed E-state index contributed by atoms with van der Waals surface area (Å²) in [6.45, 7) is 4.12. The van der Waals surface area contributed by atoms with E-state index in [9.17, 15) is 4.79 Å². The first kappa shape index (κ1) is 14.9. The Balaban J connectivity index is 1.94. The maximum atomic E-state index is 11.9. The van der Waals surface area contributed by atoms with Crippen molar-refractivity contribution in [2.75, 3.05) is 11.1 Å². The van der Waals surface area contributed by atoms with Crippen LogP contribution in [0, 0.1) is 13.8 Å². The van der Waals surface area contributed by atoms with Gasteiger partial charge in [0.1, 0.15) is 0 Å². The van der Waals surface area contributed by atoms with Crippen molar-refractivity contribution in [3.05, 3.63) is 58.6 Å². The number of halogens is 1. The Labute approximate surface area is 128 Å². The lowest BCUT2D eigenvalue weighted by atomic mass is 10.2. The molecule has 2 aromatic carbocycles. The van der Waals surface area contributed by atoms with Crippen molar-refractivity contribution >= 4 is 35.0 Å². The summed E-state index contributed by atoms with van der Waals surface area (Å²) in [7, 11) is 0. The highest BCUT2D eigenvalue weighted by atomic mass is 35.5. The van der Waals surface area contributed by atoms with Gasteiger partial charge in [-0.25, -0.2) is 0 Å². The Morgan fingerprint density at radius 3 is 2.65 bits per heavy atom. The van der Waals surface area contributed by atoms with Gasteiger partial charge in [0.2, 0.25) is 5.91 Å². The number of aryl methyl sites for hydroxylation is 2. The minimum absolute atomic E-state index is 0.0527. The summed E-state index contributed by atoms with van der Waals surface area (Å²) < 4.78 is 0. The van der Waals surface area contributed by atoms with E-state index in [4.69, 9.17) is 11.6 Å². The van der Waals surface area contributed by atoms with E-state index in [0.717, 1.165) is 4.90 Å². The lowest BCUT2D eigenvalue weighted by Crippen LogP contribution is -2.14. The number of nitrogens with one attached hydrogen (secondary N) is 1. The van der Waals surface area contributed by atoms with Crippen molar-refractivity contribution in [2.24, 2.45) is 0 Å². The first-order valence-electron chi connectivity index (χ1n) is 6.30. The number of hydrogen-bond donors (Lipinski definition) is 1. The molecule has 2 rings (SSSR count). The van der Waals surface area contributed by atoms with Gasteiger partial charge < -0.3 is 5.32 Å². The Morgan fingerprint density at radius 2 is 1.95 bits per heavy atom. The van der Waals surface area contributed by atoms with Crippen molar-refractivity contribution < 1.29 is 4.79 Å². The van der Waals surface area contributed by atoms with Crippen LogP contribution in [0.15, 0.2) is 47.4 Å². The predicted molar refractivity (Wildman–Crippen MR) is 86.7 cm³/mol. The highest BCUT2D eigenvalue weighted by Gasteiger charge is 2.07. The normalized spacial score (nSPS) is 10.3. The molecule has 0 heterocycles. The lowest BCUT2D eigenvalue weighted by Gasteiger charge is -2.08. The van der Waals surface area contributed by atoms with E-state index in [-0.39, 0.29) is 5.91 Å². The van der Waals surface area contributed by atoms with Gasteiger partial charge in [-0.15, -0.1) is 11.8 Å². The summed E-state index contributed by atoms with van der Waals surface area (Å²) in [4.78, 5) is 13.1. The average Bonchev–Trinajstić information content (AvgIpc) is 2.40. The molecule has 0 atom stereocenters. The van der Waals surface area contributed by atoms with Gasteiger partial charge in [-0.3, -0.25) is 4.79 Å². The third kappa shape index (κ3) is 4.02. The maximum Gasteiger partial charge on any atom is 0.234 e. The molecular formula is C16H16ClNOS. The van der Waals surface area contributed by atoms with Crippen molar-refractivity contribution in [1.29, 1.82) is 0 Å². The van der Waals surface area contributed by atoms with Crippen LogP contribution in [-0.2, 0) is 4.79 Å². The van der Waals surface area contributed by atoms with Gasteiger partial charge in [0.15, 0.2) is 0 Å². The number of amides is 1. The summed E-state index contributed by atoms with van der Waals surface area (Å²) in [5, 5.41) is 3.37. The molecule has 0 saturated carbocycles. The molecule has 1 amide bonds. The molecule has 0 radical (unpaired) electrons. The Hall–Kier alpha value is -1.45. The number of anilines is 1. The van der Waals surface area contributed by atoms with Crippen molar-refractivity contribution in [3.8, 4) is 0 Å². The third-order valence-electron chi connectivity index (χ3n) is 2.84. The van der Waals surface area contributed by atoms with Crippen LogP contribution in [0.1, 0.15) is 11.1 Å². The highest BCUT2D eigenvalue weighted by molar-refractivity contribution is 8.00. The zero-order valence-electron chi connectivity index (χ0n) is 11.4. The molecule has 0 aliphatic heterocycles. The standard InChI is InChI=1S/C16H16ClNOS/c1-11-7-8-15(12(2)9-11)20-10-16(19)18-14-6-4-3-5-13(14)17/h3-9H,10H2,1-2H3,(H,18,19).